The summed E-state index contributed by atoms with van der Waals surface area (Å²) in [7, 11) is 0. The van der Waals surface area contributed by atoms with E-state index in [-0.39, 0.29) is 0 Å². The summed E-state index contributed by atoms with van der Waals surface area (Å²) >= 11 is 0. The zero-order chi connectivity index (χ0) is 13.6. The van der Waals surface area contributed by atoms with Crippen LogP contribution in [0.15, 0.2) is 18.2 Å². The molecule has 1 aromatic carbocycles. The van der Waals surface area contributed by atoms with Gasteiger partial charge in [-0.2, -0.15) is 13.2 Å². The Kier molecular flexibility index (Phi) is 2.93. The maximum absolute atomic E-state index is 12.7. The van der Waals surface area contributed by atoms with Gasteiger partial charge in [-0.25, -0.2) is 0 Å². The van der Waals surface area contributed by atoms with Crippen molar-refractivity contribution < 1.29 is 13.2 Å². The summed E-state index contributed by atoms with van der Waals surface area (Å²) in [4.78, 5) is 1.82. The summed E-state index contributed by atoms with van der Waals surface area (Å²) in [5.74, 6) is 0. The summed E-state index contributed by atoms with van der Waals surface area (Å²) in [5.41, 5.74) is 6.08. The van der Waals surface area contributed by atoms with E-state index in [0.717, 1.165) is 6.07 Å². The molecule has 3 N–H and O–H groups in total. The van der Waals surface area contributed by atoms with E-state index < -0.39 is 17.3 Å². The molecular weight excluding hydrogens is 243 g/mol. The van der Waals surface area contributed by atoms with E-state index in [4.69, 9.17) is 5.73 Å². The number of rotatable bonds is 2. The molecule has 6 heteroatoms. The second kappa shape index (κ2) is 4.05. The molecule has 18 heavy (non-hydrogen) atoms. The Morgan fingerprint density at radius 1 is 1.33 bits per heavy atom. The average Bonchev–Trinajstić information content (AvgIpc) is 2.57. The first-order valence-corrected chi connectivity index (χ1v) is 5.66. The van der Waals surface area contributed by atoms with E-state index in [1.807, 2.05) is 18.7 Å². The predicted octanol–water partition coefficient (Wildman–Crippen LogP) is 2.63. The molecular formula is C12H16F3N3. The second-order valence-corrected chi connectivity index (χ2v) is 5.25. The second-order valence-electron chi connectivity index (χ2n) is 5.25. The lowest BCUT2D eigenvalue weighted by Gasteiger charge is -2.27. The van der Waals surface area contributed by atoms with Gasteiger partial charge < -0.3 is 16.0 Å². The minimum Gasteiger partial charge on any atom is -0.366 e. The van der Waals surface area contributed by atoms with Gasteiger partial charge in [0.25, 0.3) is 0 Å². The number of nitrogens with zero attached hydrogens (tertiary/aromatic N) is 1. The number of hydrogen-bond acceptors (Lipinski definition) is 3. The van der Waals surface area contributed by atoms with Gasteiger partial charge in [-0.3, -0.25) is 0 Å². The monoisotopic (exact) mass is 259 g/mol. The normalized spacial score (nSPS) is 15.6. The fourth-order valence-corrected chi connectivity index (χ4v) is 2.02. The molecule has 1 aliphatic rings. The van der Waals surface area contributed by atoms with Crippen molar-refractivity contribution in [1.82, 2.24) is 0 Å². The number of hydrogen-bond donors (Lipinski definition) is 2. The minimum absolute atomic E-state index is 0.461. The SMILES string of the molecule is CC(C)(N)CN1CNc2ccc(C(F)(F)F)cc21. The van der Waals surface area contributed by atoms with E-state index in [1.54, 1.807) is 0 Å². The highest BCUT2D eigenvalue weighted by molar-refractivity contribution is 5.75. The van der Waals surface area contributed by atoms with Crippen LogP contribution in [-0.2, 0) is 6.18 Å². The molecule has 1 aromatic rings. The van der Waals surface area contributed by atoms with Gasteiger partial charge in [0.15, 0.2) is 0 Å². The molecule has 0 amide bonds. The Labute approximate surface area is 104 Å². The molecule has 1 aliphatic heterocycles. The molecule has 0 aromatic heterocycles. The third kappa shape index (κ3) is 2.69. The van der Waals surface area contributed by atoms with E-state index in [2.05, 4.69) is 5.32 Å². The zero-order valence-corrected chi connectivity index (χ0v) is 10.3. The molecule has 0 radical (unpaired) electrons. The molecule has 0 fully saturated rings. The number of alkyl halides is 3. The smallest absolute Gasteiger partial charge is 0.366 e. The number of halogens is 3. The lowest BCUT2D eigenvalue weighted by Crippen LogP contribution is -2.45. The third-order valence-electron chi connectivity index (χ3n) is 2.72. The Morgan fingerprint density at radius 3 is 2.56 bits per heavy atom. The summed E-state index contributed by atoms with van der Waals surface area (Å²) in [6, 6.07) is 3.71. The highest BCUT2D eigenvalue weighted by atomic mass is 19.4. The standard InChI is InChI=1S/C12H16F3N3/c1-11(2,16)6-18-7-17-9-4-3-8(5-10(9)18)12(13,14)15/h3-5,17H,6-7,16H2,1-2H3. The molecule has 0 spiro atoms. The first-order chi connectivity index (χ1) is 8.17. The lowest BCUT2D eigenvalue weighted by atomic mass is 10.1. The molecule has 0 atom stereocenters. The lowest BCUT2D eigenvalue weighted by molar-refractivity contribution is -0.137. The van der Waals surface area contributed by atoms with E-state index in [0.29, 0.717) is 24.6 Å². The van der Waals surface area contributed by atoms with Gasteiger partial charge in [0, 0.05) is 12.1 Å². The quantitative estimate of drug-likeness (QED) is 0.858. The summed E-state index contributed by atoms with van der Waals surface area (Å²) in [5, 5.41) is 3.05. The topological polar surface area (TPSA) is 41.3 Å². The molecule has 2 rings (SSSR count). The molecule has 0 unspecified atom stereocenters. The fourth-order valence-electron chi connectivity index (χ4n) is 2.02. The fraction of sp³-hybridized carbons (Fsp3) is 0.500. The van der Waals surface area contributed by atoms with Crippen LogP contribution in [-0.4, -0.2) is 18.8 Å². The molecule has 100 valence electrons. The number of benzene rings is 1. The summed E-state index contributed by atoms with van der Waals surface area (Å²) < 4.78 is 38.0. The van der Waals surface area contributed by atoms with Crippen molar-refractivity contribution in [3.8, 4) is 0 Å². The van der Waals surface area contributed by atoms with Gasteiger partial charge >= 0.3 is 6.18 Å². The molecule has 0 aliphatic carbocycles. The van der Waals surface area contributed by atoms with Crippen molar-refractivity contribution in [3.05, 3.63) is 23.8 Å². The third-order valence-corrected chi connectivity index (χ3v) is 2.72. The van der Waals surface area contributed by atoms with Crippen LogP contribution in [0.1, 0.15) is 19.4 Å². The van der Waals surface area contributed by atoms with Crippen LogP contribution in [0.2, 0.25) is 0 Å². The first-order valence-electron chi connectivity index (χ1n) is 5.66. The number of nitrogens with two attached hydrogens (primary N) is 1. The van der Waals surface area contributed by atoms with Gasteiger partial charge in [0.1, 0.15) is 0 Å². The van der Waals surface area contributed by atoms with Crippen LogP contribution in [0.5, 0.6) is 0 Å². The number of anilines is 2. The van der Waals surface area contributed by atoms with Crippen molar-refractivity contribution in [2.24, 2.45) is 5.73 Å². The Morgan fingerprint density at radius 2 is 2.00 bits per heavy atom. The van der Waals surface area contributed by atoms with E-state index >= 15 is 0 Å². The van der Waals surface area contributed by atoms with Gasteiger partial charge in [-0.15, -0.1) is 0 Å². The van der Waals surface area contributed by atoms with E-state index in [1.165, 1.54) is 12.1 Å². The van der Waals surface area contributed by atoms with Crippen LogP contribution in [0.4, 0.5) is 24.5 Å². The van der Waals surface area contributed by atoms with Crippen LogP contribution < -0.4 is 16.0 Å². The minimum atomic E-state index is -4.32. The highest BCUT2D eigenvalue weighted by Gasteiger charge is 2.33. The van der Waals surface area contributed by atoms with Crippen LogP contribution in [0.25, 0.3) is 0 Å². The summed E-state index contributed by atoms with van der Waals surface area (Å²) in [6.07, 6.45) is -4.32. The maximum atomic E-state index is 12.7. The average molecular weight is 259 g/mol. The van der Waals surface area contributed by atoms with Crippen LogP contribution in [0, 0.1) is 0 Å². The number of nitrogens with one attached hydrogen (secondary N) is 1. The Hall–Kier alpha value is -1.43. The van der Waals surface area contributed by atoms with Gasteiger partial charge in [0.05, 0.1) is 23.6 Å². The van der Waals surface area contributed by atoms with Crippen molar-refractivity contribution in [3.63, 3.8) is 0 Å². The molecule has 3 nitrogen and oxygen atoms in total. The van der Waals surface area contributed by atoms with Crippen molar-refractivity contribution in [2.45, 2.75) is 25.6 Å². The van der Waals surface area contributed by atoms with E-state index in [9.17, 15) is 13.2 Å². The molecule has 0 bridgehead atoms. The maximum Gasteiger partial charge on any atom is 0.416 e. The van der Waals surface area contributed by atoms with Gasteiger partial charge in [-0.1, -0.05) is 0 Å². The van der Waals surface area contributed by atoms with Crippen molar-refractivity contribution >= 4 is 11.4 Å². The van der Waals surface area contributed by atoms with Crippen molar-refractivity contribution in [1.29, 1.82) is 0 Å². The van der Waals surface area contributed by atoms with Crippen molar-refractivity contribution in [2.75, 3.05) is 23.4 Å². The summed E-state index contributed by atoms with van der Waals surface area (Å²) in [6.45, 7) is 4.67. The Bertz CT molecular complexity index is 449. The van der Waals surface area contributed by atoms with Crippen LogP contribution in [0.3, 0.4) is 0 Å². The van der Waals surface area contributed by atoms with Gasteiger partial charge in [-0.05, 0) is 32.0 Å². The van der Waals surface area contributed by atoms with Gasteiger partial charge in [0.2, 0.25) is 0 Å². The largest absolute Gasteiger partial charge is 0.416 e. The molecule has 0 saturated heterocycles. The number of fused-ring (bicyclic) bond motifs is 1. The first kappa shape index (κ1) is 13.0. The predicted molar refractivity (Wildman–Crippen MR) is 65.5 cm³/mol. The molecule has 1 heterocycles. The Balaban J connectivity index is 2.31. The highest BCUT2D eigenvalue weighted by Crippen LogP contribution is 2.38. The van der Waals surface area contributed by atoms with Crippen LogP contribution >= 0.6 is 0 Å². The molecule has 0 saturated carbocycles. The zero-order valence-electron chi connectivity index (χ0n) is 10.3.